The van der Waals surface area contributed by atoms with E-state index in [1.807, 2.05) is 36.4 Å². The lowest BCUT2D eigenvalue weighted by molar-refractivity contribution is 0.0469. The van der Waals surface area contributed by atoms with Crippen LogP contribution in [0.25, 0.3) is 11.1 Å². The van der Waals surface area contributed by atoms with E-state index in [0.717, 1.165) is 55.9 Å². The van der Waals surface area contributed by atoms with Crippen LogP contribution in [0.1, 0.15) is 19.3 Å². The number of ether oxygens (including phenoxy) is 3. The molecule has 32 heavy (non-hydrogen) atoms. The molecular formula is C24H30N2O5S. The van der Waals surface area contributed by atoms with E-state index in [9.17, 15) is 4.79 Å². The van der Waals surface area contributed by atoms with E-state index in [2.05, 4.69) is 4.90 Å². The third-order valence-corrected chi connectivity index (χ3v) is 6.37. The lowest BCUT2D eigenvalue weighted by atomic mass is 9.93. The Labute approximate surface area is 194 Å². The Hall–Kier alpha value is -2.58. The van der Waals surface area contributed by atoms with Crippen molar-refractivity contribution in [1.29, 1.82) is 0 Å². The van der Waals surface area contributed by atoms with E-state index in [4.69, 9.17) is 18.6 Å². The highest BCUT2D eigenvalue weighted by molar-refractivity contribution is 7.59. The third kappa shape index (κ3) is 4.76. The Morgan fingerprint density at radius 1 is 1.09 bits per heavy atom. The zero-order valence-electron chi connectivity index (χ0n) is 18.3. The molecule has 0 radical (unpaired) electrons. The molecule has 0 unspecified atom stereocenters. The first-order valence-corrected chi connectivity index (χ1v) is 11.0. The smallest absolute Gasteiger partial charge is 0.419 e. The predicted molar refractivity (Wildman–Crippen MR) is 128 cm³/mol. The summed E-state index contributed by atoms with van der Waals surface area (Å²) in [7, 11) is 1.61. The molecule has 0 bridgehead atoms. The number of oxazole rings is 1. The zero-order valence-corrected chi connectivity index (χ0v) is 19.3. The van der Waals surface area contributed by atoms with Crippen LogP contribution < -0.4 is 20.0 Å². The number of rotatable bonds is 6. The van der Waals surface area contributed by atoms with Gasteiger partial charge in [-0.05, 0) is 62.5 Å². The van der Waals surface area contributed by atoms with Crippen molar-refractivity contribution in [3.8, 4) is 17.2 Å². The van der Waals surface area contributed by atoms with Crippen LogP contribution in [0.3, 0.4) is 0 Å². The Morgan fingerprint density at radius 3 is 2.66 bits per heavy atom. The minimum atomic E-state index is -0.296. The summed E-state index contributed by atoms with van der Waals surface area (Å²) in [5.41, 5.74) is 1.41. The standard InChI is InChI=1S/C24H28N2O5.H2S/c1-28-18-6-7-20-23(14-18)31-24(27)26(20)13-10-17-8-11-25(12-9-17)15-19-16-29-21-4-2-3-5-22(21)30-19;/h2-7,14,17,19H,8-13,15-16H2,1H3;1H2/t19-;/m0./s1. The largest absolute Gasteiger partial charge is 0.497 e. The lowest BCUT2D eigenvalue weighted by Gasteiger charge is -2.35. The van der Waals surface area contributed by atoms with Gasteiger partial charge in [0.05, 0.1) is 12.6 Å². The molecule has 8 heteroatoms. The summed E-state index contributed by atoms with van der Waals surface area (Å²) in [6.07, 6.45) is 3.30. The monoisotopic (exact) mass is 458 g/mol. The molecule has 0 N–H and O–H groups in total. The van der Waals surface area contributed by atoms with E-state index >= 15 is 0 Å². The van der Waals surface area contributed by atoms with Crippen molar-refractivity contribution in [2.45, 2.75) is 31.9 Å². The first kappa shape index (κ1) is 22.6. The Morgan fingerprint density at radius 2 is 1.88 bits per heavy atom. The van der Waals surface area contributed by atoms with Gasteiger partial charge in [-0.15, -0.1) is 0 Å². The van der Waals surface area contributed by atoms with Gasteiger partial charge in [0.2, 0.25) is 0 Å². The maximum absolute atomic E-state index is 12.3. The minimum absolute atomic E-state index is 0. The average molecular weight is 459 g/mol. The molecule has 172 valence electrons. The maximum atomic E-state index is 12.3. The fourth-order valence-electron chi connectivity index (χ4n) is 4.60. The van der Waals surface area contributed by atoms with Gasteiger partial charge in [0, 0.05) is 19.2 Å². The summed E-state index contributed by atoms with van der Waals surface area (Å²) < 4.78 is 24.3. The molecule has 1 saturated heterocycles. The number of likely N-dealkylation sites (tertiary alicyclic amines) is 1. The van der Waals surface area contributed by atoms with E-state index in [1.165, 1.54) is 0 Å². The van der Waals surface area contributed by atoms with Crippen LogP contribution in [-0.4, -0.2) is 48.9 Å². The van der Waals surface area contributed by atoms with Gasteiger partial charge in [-0.2, -0.15) is 13.5 Å². The molecule has 3 aromatic rings. The van der Waals surface area contributed by atoms with E-state index in [1.54, 1.807) is 17.7 Å². The SMILES string of the molecule is COc1ccc2c(c1)oc(=O)n2CCC1CCN(C[C@H]2COc3ccccc3O2)CC1.S. The van der Waals surface area contributed by atoms with Crippen molar-refractivity contribution >= 4 is 24.6 Å². The zero-order chi connectivity index (χ0) is 21.2. The molecule has 1 atom stereocenters. The Kier molecular flexibility index (Phi) is 7.01. The fourth-order valence-corrected chi connectivity index (χ4v) is 4.60. The second kappa shape index (κ2) is 9.92. The highest BCUT2D eigenvalue weighted by atomic mass is 32.1. The van der Waals surface area contributed by atoms with Gasteiger partial charge in [-0.3, -0.25) is 9.47 Å². The van der Waals surface area contributed by atoms with Crippen molar-refractivity contribution in [1.82, 2.24) is 9.47 Å². The average Bonchev–Trinajstić information content (AvgIpc) is 3.12. The highest BCUT2D eigenvalue weighted by Crippen LogP contribution is 2.31. The van der Waals surface area contributed by atoms with Crippen LogP contribution in [0.2, 0.25) is 0 Å². The molecule has 1 aromatic heterocycles. The summed E-state index contributed by atoms with van der Waals surface area (Å²) in [5.74, 6) is 2.67. The predicted octanol–water partition coefficient (Wildman–Crippen LogP) is 3.66. The number of nitrogens with zero attached hydrogens (tertiary/aromatic N) is 2. The summed E-state index contributed by atoms with van der Waals surface area (Å²) >= 11 is 0. The van der Waals surface area contributed by atoms with Gasteiger partial charge in [0.1, 0.15) is 18.5 Å². The first-order valence-electron chi connectivity index (χ1n) is 11.0. The van der Waals surface area contributed by atoms with Gasteiger partial charge in [-0.25, -0.2) is 4.79 Å². The Bertz CT molecular complexity index is 1100. The highest BCUT2D eigenvalue weighted by Gasteiger charge is 2.26. The topological polar surface area (TPSA) is 66.1 Å². The number of aromatic nitrogens is 1. The fraction of sp³-hybridized carbons (Fsp3) is 0.458. The normalized spacial score (nSPS) is 19.0. The van der Waals surface area contributed by atoms with Crippen molar-refractivity contribution in [2.24, 2.45) is 5.92 Å². The lowest BCUT2D eigenvalue weighted by Crippen LogP contribution is -2.44. The van der Waals surface area contributed by atoms with E-state index in [0.29, 0.717) is 30.4 Å². The summed E-state index contributed by atoms with van der Waals surface area (Å²) in [4.78, 5) is 14.8. The molecule has 0 saturated carbocycles. The molecule has 7 nitrogen and oxygen atoms in total. The molecule has 2 aromatic carbocycles. The van der Waals surface area contributed by atoms with Crippen molar-refractivity contribution in [3.05, 3.63) is 53.0 Å². The number of benzene rings is 2. The number of fused-ring (bicyclic) bond motifs is 2. The number of piperidine rings is 1. The molecule has 0 aliphatic carbocycles. The molecule has 5 rings (SSSR count). The van der Waals surface area contributed by atoms with Crippen LogP contribution in [0.5, 0.6) is 17.2 Å². The van der Waals surface area contributed by atoms with Crippen molar-refractivity contribution < 1.29 is 18.6 Å². The Balaban J connectivity index is 0.00000245. The number of aryl methyl sites for hydroxylation is 1. The molecular weight excluding hydrogens is 428 g/mol. The van der Waals surface area contributed by atoms with Crippen LogP contribution in [0.15, 0.2) is 51.7 Å². The quantitative estimate of drug-likeness (QED) is 0.562. The number of hydrogen-bond acceptors (Lipinski definition) is 6. The van der Waals surface area contributed by atoms with Gasteiger partial charge in [0.25, 0.3) is 0 Å². The molecule has 0 amide bonds. The second-order valence-corrected chi connectivity index (χ2v) is 8.38. The van der Waals surface area contributed by atoms with Gasteiger partial charge in [-0.1, -0.05) is 12.1 Å². The molecule has 1 fully saturated rings. The van der Waals surface area contributed by atoms with E-state index < -0.39 is 0 Å². The van der Waals surface area contributed by atoms with Gasteiger partial charge in [0.15, 0.2) is 17.1 Å². The van der Waals surface area contributed by atoms with Gasteiger partial charge >= 0.3 is 5.76 Å². The molecule has 3 heterocycles. The summed E-state index contributed by atoms with van der Waals surface area (Å²) in [5, 5.41) is 0. The van der Waals surface area contributed by atoms with Crippen LogP contribution >= 0.6 is 13.5 Å². The molecule has 2 aliphatic heterocycles. The van der Waals surface area contributed by atoms with Crippen LogP contribution in [0.4, 0.5) is 0 Å². The van der Waals surface area contributed by atoms with Crippen LogP contribution in [0, 0.1) is 5.92 Å². The third-order valence-electron chi connectivity index (χ3n) is 6.37. The van der Waals surface area contributed by atoms with Crippen LogP contribution in [-0.2, 0) is 6.54 Å². The van der Waals surface area contributed by atoms with Crippen molar-refractivity contribution in [2.75, 3.05) is 33.4 Å². The summed E-state index contributed by atoms with van der Waals surface area (Å²) in [6, 6.07) is 13.4. The first-order chi connectivity index (χ1) is 15.2. The molecule has 2 aliphatic rings. The van der Waals surface area contributed by atoms with Gasteiger partial charge < -0.3 is 18.6 Å². The van der Waals surface area contributed by atoms with E-state index in [-0.39, 0.29) is 25.4 Å². The number of hydrogen-bond donors (Lipinski definition) is 0. The maximum Gasteiger partial charge on any atom is 0.419 e. The van der Waals surface area contributed by atoms with Crippen molar-refractivity contribution in [3.63, 3.8) is 0 Å². The molecule has 0 spiro atoms. The summed E-state index contributed by atoms with van der Waals surface area (Å²) in [6.45, 7) is 4.25. The minimum Gasteiger partial charge on any atom is -0.497 e. The number of para-hydroxylation sites is 2. The number of methoxy groups -OCH3 is 1. The second-order valence-electron chi connectivity index (χ2n) is 8.38.